The Morgan fingerprint density at radius 3 is 2.45 bits per heavy atom. The number of benzene rings is 1. The Labute approximate surface area is 138 Å². The molecule has 1 rings (SSSR count). The zero-order valence-electron chi connectivity index (χ0n) is 12.3. The highest BCUT2D eigenvalue weighted by Crippen LogP contribution is 2.33. The Morgan fingerprint density at radius 2 is 1.85 bits per heavy atom. The molecule has 5 heteroatoms. The predicted octanol–water partition coefficient (Wildman–Crippen LogP) is 5.21. The highest BCUT2D eigenvalue weighted by molar-refractivity contribution is 6.42. The number of halogens is 3. The van der Waals surface area contributed by atoms with E-state index in [9.17, 15) is 0 Å². The van der Waals surface area contributed by atoms with E-state index in [1.165, 1.54) is 0 Å². The van der Waals surface area contributed by atoms with E-state index < -0.39 is 0 Å². The van der Waals surface area contributed by atoms with Crippen molar-refractivity contribution in [2.24, 2.45) is 5.92 Å². The van der Waals surface area contributed by atoms with Gasteiger partial charge in [-0.1, -0.05) is 43.1 Å². The van der Waals surface area contributed by atoms with Gasteiger partial charge in [0.1, 0.15) is 16.9 Å². The van der Waals surface area contributed by atoms with Crippen LogP contribution < -0.4 is 10.1 Å². The predicted molar refractivity (Wildman–Crippen MR) is 90.7 cm³/mol. The standard InChI is InChI=1S/C15H23Cl2NO.ClH/c1-11(2)7-8-12(9-10-18-3)19-14-6-4-5-13(16)15(14)17;/h4-6,11-12,18H,7-10H2,1-3H3;1H. The summed E-state index contributed by atoms with van der Waals surface area (Å²) in [6.07, 6.45) is 3.31. The van der Waals surface area contributed by atoms with Crippen LogP contribution in [0, 0.1) is 5.92 Å². The molecular formula is C15H24Cl3NO. The smallest absolute Gasteiger partial charge is 0.139 e. The molecule has 0 fully saturated rings. The highest BCUT2D eigenvalue weighted by atomic mass is 35.5. The van der Waals surface area contributed by atoms with E-state index in [0.717, 1.165) is 25.8 Å². The van der Waals surface area contributed by atoms with E-state index in [-0.39, 0.29) is 18.5 Å². The van der Waals surface area contributed by atoms with Crippen molar-refractivity contribution in [1.29, 1.82) is 0 Å². The number of nitrogens with one attached hydrogen (secondary N) is 1. The average molecular weight is 341 g/mol. The van der Waals surface area contributed by atoms with Gasteiger partial charge in [0, 0.05) is 0 Å². The average Bonchev–Trinajstić information content (AvgIpc) is 2.37. The third kappa shape index (κ3) is 7.03. The Kier molecular flexibility index (Phi) is 10.5. The van der Waals surface area contributed by atoms with Crippen LogP contribution in [-0.2, 0) is 0 Å². The fourth-order valence-corrected chi connectivity index (χ4v) is 2.18. The van der Waals surface area contributed by atoms with Gasteiger partial charge in [-0.05, 0) is 50.9 Å². The van der Waals surface area contributed by atoms with Crippen LogP contribution in [0.25, 0.3) is 0 Å². The first-order valence-electron chi connectivity index (χ1n) is 6.79. The number of rotatable bonds is 8. The van der Waals surface area contributed by atoms with Gasteiger partial charge >= 0.3 is 0 Å². The van der Waals surface area contributed by atoms with Gasteiger partial charge in [0.05, 0.1) is 5.02 Å². The summed E-state index contributed by atoms with van der Waals surface area (Å²) in [4.78, 5) is 0. The van der Waals surface area contributed by atoms with Gasteiger partial charge in [-0.15, -0.1) is 12.4 Å². The van der Waals surface area contributed by atoms with Crippen molar-refractivity contribution in [3.8, 4) is 5.75 Å². The molecule has 0 aliphatic carbocycles. The molecule has 0 bridgehead atoms. The summed E-state index contributed by atoms with van der Waals surface area (Å²) in [5.74, 6) is 1.36. The van der Waals surface area contributed by atoms with E-state index in [1.807, 2.05) is 19.2 Å². The molecule has 0 spiro atoms. The molecule has 0 radical (unpaired) electrons. The van der Waals surface area contributed by atoms with Gasteiger partial charge in [-0.3, -0.25) is 0 Å². The fraction of sp³-hybridized carbons (Fsp3) is 0.600. The summed E-state index contributed by atoms with van der Waals surface area (Å²) < 4.78 is 6.02. The molecule has 2 nitrogen and oxygen atoms in total. The normalized spacial score (nSPS) is 12.1. The molecule has 0 heterocycles. The third-order valence-electron chi connectivity index (χ3n) is 2.99. The monoisotopic (exact) mass is 339 g/mol. The molecular weight excluding hydrogens is 317 g/mol. The van der Waals surface area contributed by atoms with Crippen LogP contribution in [0.1, 0.15) is 33.1 Å². The second-order valence-electron chi connectivity index (χ2n) is 5.16. The molecule has 1 atom stereocenters. The van der Waals surface area contributed by atoms with Gasteiger partial charge in [0.15, 0.2) is 0 Å². The molecule has 116 valence electrons. The first-order valence-corrected chi connectivity index (χ1v) is 7.55. The summed E-state index contributed by atoms with van der Waals surface area (Å²) in [7, 11) is 1.95. The van der Waals surface area contributed by atoms with Crippen molar-refractivity contribution in [2.45, 2.75) is 39.2 Å². The van der Waals surface area contributed by atoms with E-state index in [0.29, 0.717) is 21.7 Å². The quantitative estimate of drug-likeness (QED) is 0.701. The Balaban J connectivity index is 0.00000361. The largest absolute Gasteiger partial charge is 0.489 e. The molecule has 0 amide bonds. The molecule has 20 heavy (non-hydrogen) atoms. The molecule has 1 unspecified atom stereocenters. The summed E-state index contributed by atoms with van der Waals surface area (Å²) >= 11 is 12.2. The maximum atomic E-state index is 6.16. The van der Waals surface area contributed by atoms with Gasteiger partial charge in [-0.25, -0.2) is 0 Å². The number of ether oxygens (including phenoxy) is 1. The lowest BCUT2D eigenvalue weighted by Crippen LogP contribution is -2.23. The van der Waals surface area contributed by atoms with Gasteiger partial charge in [0.2, 0.25) is 0 Å². The fourth-order valence-electron chi connectivity index (χ4n) is 1.84. The van der Waals surface area contributed by atoms with Crippen LogP contribution >= 0.6 is 35.6 Å². The minimum atomic E-state index is 0. The number of hydrogen-bond acceptors (Lipinski definition) is 2. The zero-order valence-corrected chi connectivity index (χ0v) is 14.6. The SMILES string of the molecule is CNCCC(CCC(C)C)Oc1cccc(Cl)c1Cl.Cl. The maximum Gasteiger partial charge on any atom is 0.139 e. The van der Waals surface area contributed by atoms with Crippen LogP contribution in [0.15, 0.2) is 18.2 Å². The van der Waals surface area contributed by atoms with E-state index in [4.69, 9.17) is 27.9 Å². The molecule has 1 aromatic rings. The van der Waals surface area contributed by atoms with E-state index in [1.54, 1.807) is 6.07 Å². The molecule has 1 aromatic carbocycles. The van der Waals surface area contributed by atoms with Crippen LogP contribution in [-0.4, -0.2) is 19.7 Å². The second-order valence-corrected chi connectivity index (χ2v) is 5.94. The maximum absolute atomic E-state index is 6.16. The summed E-state index contributed by atoms with van der Waals surface area (Å²) in [5, 5.41) is 4.20. The molecule has 1 N–H and O–H groups in total. The topological polar surface area (TPSA) is 21.3 Å². The lowest BCUT2D eigenvalue weighted by Gasteiger charge is -2.21. The van der Waals surface area contributed by atoms with E-state index in [2.05, 4.69) is 19.2 Å². The Hall–Kier alpha value is -0.150. The first kappa shape index (κ1) is 19.9. The van der Waals surface area contributed by atoms with Gasteiger partial charge in [-0.2, -0.15) is 0 Å². The van der Waals surface area contributed by atoms with Crippen molar-refractivity contribution < 1.29 is 4.74 Å². The minimum Gasteiger partial charge on any atom is -0.489 e. The van der Waals surface area contributed by atoms with Crippen molar-refractivity contribution in [1.82, 2.24) is 5.32 Å². The van der Waals surface area contributed by atoms with Crippen LogP contribution in [0.5, 0.6) is 5.75 Å². The Morgan fingerprint density at radius 1 is 1.15 bits per heavy atom. The highest BCUT2D eigenvalue weighted by Gasteiger charge is 2.14. The summed E-state index contributed by atoms with van der Waals surface area (Å²) in [5.41, 5.74) is 0. The molecule has 0 saturated carbocycles. The lowest BCUT2D eigenvalue weighted by atomic mass is 10.0. The number of hydrogen-bond donors (Lipinski definition) is 1. The van der Waals surface area contributed by atoms with Crippen LogP contribution in [0.3, 0.4) is 0 Å². The van der Waals surface area contributed by atoms with Crippen molar-refractivity contribution in [3.63, 3.8) is 0 Å². The minimum absolute atomic E-state index is 0. The van der Waals surface area contributed by atoms with Crippen molar-refractivity contribution >= 4 is 35.6 Å². The second kappa shape index (κ2) is 10.6. The summed E-state index contributed by atoms with van der Waals surface area (Å²) in [6.45, 7) is 5.38. The third-order valence-corrected chi connectivity index (χ3v) is 3.79. The van der Waals surface area contributed by atoms with Crippen molar-refractivity contribution in [2.75, 3.05) is 13.6 Å². The van der Waals surface area contributed by atoms with Crippen LogP contribution in [0.2, 0.25) is 10.0 Å². The molecule has 0 aromatic heterocycles. The van der Waals surface area contributed by atoms with Gasteiger partial charge < -0.3 is 10.1 Å². The molecule has 0 aliphatic rings. The van der Waals surface area contributed by atoms with Crippen LogP contribution in [0.4, 0.5) is 0 Å². The molecule has 0 saturated heterocycles. The van der Waals surface area contributed by atoms with Gasteiger partial charge in [0.25, 0.3) is 0 Å². The first-order chi connectivity index (χ1) is 9.04. The lowest BCUT2D eigenvalue weighted by molar-refractivity contribution is 0.173. The molecule has 0 aliphatic heterocycles. The van der Waals surface area contributed by atoms with E-state index >= 15 is 0 Å². The van der Waals surface area contributed by atoms with Crippen molar-refractivity contribution in [3.05, 3.63) is 28.2 Å². The summed E-state index contributed by atoms with van der Waals surface area (Å²) in [6, 6.07) is 5.50. The Bertz CT molecular complexity index is 385. The zero-order chi connectivity index (χ0) is 14.3.